The fourth-order valence-electron chi connectivity index (χ4n) is 3.95. The molecule has 0 unspecified atom stereocenters. The second kappa shape index (κ2) is 14.1. The first-order valence-corrected chi connectivity index (χ1v) is 13.6. The Labute approximate surface area is 203 Å². The molecule has 0 spiro atoms. The van der Waals surface area contributed by atoms with E-state index in [0.717, 1.165) is 52.0 Å². The van der Waals surface area contributed by atoms with Crippen molar-refractivity contribution in [2.45, 2.75) is 97.8 Å². The lowest BCUT2D eigenvalue weighted by Crippen LogP contribution is -1.94. The molecule has 0 saturated heterocycles. The smallest absolute Gasteiger partial charge is 0.200 e. The molecule has 2 heterocycles. The van der Waals surface area contributed by atoms with E-state index in [0.29, 0.717) is 0 Å². The lowest BCUT2D eigenvalue weighted by atomic mass is 10.0. The number of benzene rings is 1. The van der Waals surface area contributed by atoms with Gasteiger partial charge in [-0.05, 0) is 61.9 Å². The molecule has 1 aromatic carbocycles. The molecule has 4 nitrogen and oxygen atoms in total. The Hall–Kier alpha value is -2.27. The molecule has 0 aliphatic heterocycles. The van der Waals surface area contributed by atoms with Gasteiger partial charge in [0.05, 0.1) is 11.2 Å². The molecule has 0 radical (unpaired) electrons. The highest BCUT2D eigenvalue weighted by Crippen LogP contribution is 2.32. The normalized spacial score (nSPS) is 11.1. The van der Waals surface area contributed by atoms with E-state index in [2.05, 4.69) is 41.8 Å². The average Bonchev–Trinajstić information content (AvgIpc) is 3.27. The standard InChI is InChI=1S/C28H39N3OS/c1-4-6-7-8-9-10-11-12-13-15-23-19-30-28(31-20-23)24-16-17-25(22(3)18-24)32-27-21-29-26(33-27)14-5-2/h16-21H,4-15H2,1-3H3. The van der Waals surface area contributed by atoms with E-state index in [4.69, 9.17) is 4.74 Å². The summed E-state index contributed by atoms with van der Waals surface area (Å²) in [4.78, 5) is 13.7. The van der Waals surface area contributed by atoms with Crippen LogP contribution in [-0.2, 0) is 12.8 Å². The van der Waals surface area contributed by atoms with Gasteiger partial charge in [0.1, 0.15) is 5.75 Å². The number of rotatable bonds is 15. The molecule has 0 saturated carbocycles. The van der Waals surface area contributed by atoms with Crippen LogP contribution >= 0.6 is 11.3 Å². The molecule has 2 aromatic heterocycles. The zero-order valence-electron chi connectivity index (χ0n) is 20.6. The van der Waals surface area contributed by atoms with Crippen molar-refractivity contribution in [1.82, 2.24) is 15.0 Å². The molecule has 5 heteroatoms. The molecule has 3 rings (SSSR count). The quantitative estimate of drug-likeness (QED) is 0.211. The third-order valence-corrected chi connectivity index (χ3v) is 6.85. The Morgan fingerprint density at radius 3 is 2.12 bits per heavy atom. The van der Waals surface area contributed by atoms with Crippen LogP contribution in [-0.4, -0.2) is 15.0 Å². The molecule has 0 atom stereocenters. The Morgan fingerprint density at radius 2 is 1.45 bits per heavy atom. The predicted octanol–water partition coefficient (Wildman–Crippen LogP) is 8.73. The second-order valence-corrected chi connectivity index (χ2v) is 9.98. The molecule has 0 aliphatic carbocycles. The highest BCUT2D eigenvalue weighted by atomic mass is 32.1. The molecule has 178 valence electrons. The monoisotopic (exact) mass is 465 g/mol. The first-order chi connectivity index (χ1) is 16.2. The minimum absolute atomic E-state index is 0.767. The van der Waals surface area contributed by atoms with Gasteiger partial charge in [-0.1, -0.05) is 76.6 Å². The number of nitrogens with zero attached hydrogens (tertiary/aromatic N) is 3. The number of hydrogen-bond acceptors (Lipinski definition) is 5. The number of hydrogen-bond donors (Lipinski definition) is 0. The number of ether oxygens (including phenoxy) is 1. The summed E-state index contributed by atoms with van der Waals surface area (Å²) in [7, 11) is 0. The zero-order valence-corrected chi connectivity index (χ0v) is 21.4. The summed E-state index contributed by atoms with van der Waals surface area (Å²) in [5.74, 6) is 1.62. The van der Waals surface area contributed by atoms with E-state index in [1.165, 1.54) is 63.4 Å². The molecule has 0 N–H and O–H groups in total. The van der Waals surface area contributed by atoms with Crippen LogP contribution < -0.4 is 4.74 Å². The van der Waals surface area contributed by atoms with Crippen LogP contribution in [0.15, 0.2) is 36.8 Å². The summed E-state index contributed by atoms with van der Waals surface area (Å²) in [5, 5.41) is 1.96. The average molecular weight is 466 g/mol. The summed E-state index contributed by atoms with van der Waals surface area (Å²) < 4.78 is 6.06. The molecule has 0 bridgehead atoms. The van der Waals surface area contributed by atoms with Gasteiger partial charge in [0, 0.05) is 18.0 Å². The highest BCUT2D eigenvalue weighted by molar-refractivity contribution is 7.13. The third kappa shape index (κ3) is 8.54. The van der Waals surface area contributed by atoms with E-state index in [1.54, 1.807) is 11.3 Å². The van der Waals surface area contributed by atoms with Crippen molar-refractivity contribution in [2.75, 3.05) is 0 Å². The summed E-state index contributed by atoms with van der Waals surface area (Å²) in [6, 6.07) is 6.13. The van der Waals surface area contributed by atoms with Crippen molar-refractivity contribution >= 4 is 11.3 Å². The van der Waals surface area contributed by atoms with Crippen molar-refractivity contribution in [2.24, 2.45) is 0 Å². The zero-order chi connectivity index (χ0) is 23.3. The maximum atomic E-state index is 6.06. The highest BCUT2D eigenvalue weighted by Gasteiger charge is 2.09. The third-order valence-electron chi connectivity index (χ3n) is 5.91. The Kier molecular flexibility index (Phi) is 10.8. The maximum Gasteiger partial charge on any atom is 0.200 e. The largest absolute Gasteiger partial charge is 0.445 e. The lowest BCUT2D eigenvalue weighted by Gasteiger charge is -2.08. The molecular formula is C28H39N3OS. The number of unbranched alkanes of at least 4 members (excludes halogenated alkanes) is 8. The fraction of sp³-hybridized carbons (Fsp3) is 0.536. The van der Waals surface area contributed by atoms with Gasteiger partial charge >= 0.3 is 0 Å². The second-order valence-electron chi connectivity index (χ2n) is 8.90. The summed E-state index contributed by atoms with van der Waals surface area (Å²) >= 11 is 1.62. The minimum Gasteiger partial charge on any atom is -0.445 e. The molecule has 0 amide bonds. The van der Waals surface area contributed by atoms with Crippen LogP contribution in [0, 0.1) is 6.92 Å². The molecular weight excluding hydrogens is 426 g/mol. The van der Waals surface area contributed by atoms with Crippen LogP contribution in [0.4, 0.5) is 0 Å². The van der Waals surface area contributed by atoms with Crippen molar-refractivity contribution in [3.05, 3.63) is 52.9 Å². The fourth-order valence-corrected chi connectivity index (χ4v) is 4.83. The molecule has 0 aliphatic rings. The first kappa shape index (κ1) is 25.4. The van der Waals surface area contributed by atoms with Gasteiger partial charge in [0.2, 0.25) is 5.06 Å². The van der Waals surface area contributed by atoms with Crippen molar-refractivity contribution < 1.29 is 4.74 Å². The van der Waals surface area contributed by atoms with E-state index >= 15 is 0 Å². The first-order valence-electron chi connectivity index (χ1n) is 12.7. The molecule has 0 fully saturated rings. The van der Waals surface area contributed by atoms with Gasteiger partial charge in [-0.25, -0.2) is 15.0 Å². The van der Waals surface area contributed by atoms with E-state index < -0.39 is 0 Å². The van der Waals surface area contributed by atoms with Crippen LogP contribution in [0.1, 0.15) is 94.2 Å². The van der Waals surface area contributed by atoms with Crippen molar-refractivity contribution in [1.29, 1.82) is 0 Å². The van der Waals surface area contributed by atoms with Crippen LogP contribution in [0.25, 0.3) is 11.4 Å². The van der Waals surface area contributed by atoms with Crippen LogP contribution in [0.5, 0.6) is 10.8 Å². The SMILES string of the molecule is CCCCCCCCCCCc1cnc(-c2ccc(Oc3cnc(CCC)s3)c(C)c2)nc1. The van der Waals surface area contributed by atoms with Gasteiger partial charge in [0.15, 0.2) is 5.82 Å². The Balaban J connectivity index is 1.44. The number of thiazole rings is 1. The van der Waals surface area contributed by atoms with Gasteiger partial charge in [-0.3, -0.25) is 0 Å². The van der Waals surface area contributed by atoms with Gasteiger partial charge in [-0.2, -0.15) is 0 Å². The molecule has 3 aromatic rings. The minimum atomic E-state index is 0.767. The Morgan fingerprint density at radius 1 is 0.758 bits per heavy atom. The number of aromatic nitrogens is 3. The van der Waals surface area contributed by atoms with Gasteiger partial charge in [0.25, 0.3) is 0 Å². The summed E-state index contributed by atoms with van der Waals surface area (Å²) in [6.07, 6.45) is 21.1. The number of aryl methyl sites for hydroxylation is 3. The molecule has 33 heavy (non-hydrogen) atoms. The van der Waals surface area contributed by atoms with Crippen molar-refractivity contribution in [3.8, 4) is 22.2 Å². The lowest BCUT2D eigenvalue weighted by molar-refractivity contribution is 0.491. The van der Waals surface area contributed by atoms with Crippen molar-refractivity contribution in [3.63, 3.8) is 0 Å². The van der Waals surface area contributed by atoms with E-state index in [1.807, 2.05) is 30.7 Å². The summed E-state index contributed by atoms with van der Waals surface area (Å²) in [5.41, 5.74) is 3.32. The van der Waals surface area contributed by atoms with Crippen LogP contribution in [0.3, 0.4) is 0 Å². The van der Waals surface area contributed by atoms with Crippen LogP contribution in [0.2, 0.25) is 0 Å². The van der Waals surface area contributed by atoms with E-state index in [9.17, 15) is 0 Å². The maximum absolute atomic E-state index is 6.06. The van der Waals surface area contributed by atoms with Gasteiger partial charge in [-0.15, -0.1) is 0 Å². The summed E-state index contributed by atoms with van der Waals surface area (Å²) in [6.45, 7) is 6.50. The predicted molar refractivity (Wildman–Crippen MR) is 139 cm³/mol. The Bertz CT molecular complexity index is 952. The van der Waals surface area contributed by atoms with E-state index in [-0.39, 0.29) is 0 Å². The van der Waals surface area contributed by atoms with Gasteiger partial charge < -0.3 is 4.74 Å². The topological polar surface area (TPSA) is 47.9 Å².